The average Bonchev–Trinajstić information content (AvgIpc) is 2.37. The molecule has 0 spiro atoms. The monoisotopic (exact) mass is 246 g/mol. The van der Waals surface area contributed by atoms with Crippen LogP contribution in [0.25, 0.3) is 0 Å². The summed E-state index contributed by atoms with van der Waals surface area (Å²) in [5.74, 6) is 0. The summed E-state index contributed by atoms with van der Waals surface area (Å²) in [7, 11) is 0. The van der Waals surface area contributed by atoms with Crippen LogP contribution in [0.2, 0.25) is 0 Å². The SMILES string of the molecule is C=CCN(CC=C)c1ccc(C=O)cc1[N+](=O)[O-]. The maximum absolute atomic E-state index is 11.0. The molecule has 0 heterocycles. The van der Waals surface area contributed by atoms with Crippen LogP contribution in [0.4, 0.5) is 11.4 Å². The number of carbonyl (C=O) groups is 1. The van der Waals surface area contributed by atoms with Crippen LogP contribution in [0.1, 0.15) is 10.4 Å². The maximum atomic E-state index is 11.0. The molecule has 18 heavy (non-hydrogen) atoms. The number of benzene rings is 1. The zero-order valence-electron chi connectivity index (χ0n) is 9.91. The van der Waals surface area contributed by atoms with Gasteiger partial charge in [0.25, 0.3) is 5.69 Å². The molecule has 5 nitrogen and oxygen atoms in total. The van der Waals surface area contributed by atoms with Gasteiger partial charge < -0.3 is 4.90 Å². The van der Waals surface area contributed by atoms with Crippen LogP contribution in [-0.2, 0) is 0 Å². The van der Waals surface area contributed by atoms with Crippen molar-refractivity contribution in [2.24, 2.45) is 0 Å². The van der Waals surface area contributed by atoms with Crippen molar-refractivity contribution in [2.45, 2.75) is 0 Å². The third-order valence-electron chi connectivity index (χ3n) is 2.37. The fourth-order valence-corrected chi connectivity index (χ4v) is 1.61. The smallest absolute Gasteiger partial charge is 0.293 e. The molecule has 1 rings (SSSR count). The van der Waals surface area contributed by atoms with Crippen LogP contribution < -0.4 is 4.90 Å². The van der Waals surface area contributed by atoms with Crippen molar-refractivity contribution in [3.63, 3.8) is 0 Å². The van der Waals surface area contributed by atoms with E-state index in [1.165, 1.54) is 6.07 Å². The van der Waals surface area contributed by atoms with Gasteiger partial charge in [0.2, 0.25) is 0 Å². The first-order chi connectivity index (χ1) is 8.63. The molecule has 0 bridgehead atoms. The zero-order valence-corrected chi connectivity index (χ0v) is 9.91. The molecule has 0 radical (unpaired) electrons. The molecular weight excluding hydrogens is 232 g/mol. The van der Waals surface area contributed by atoms with E-state index in [4.69, 9.17) is 0 Å². The first-order valence-electron chi connectivity index (χ1n) is 5.34. The van der Waals surface area contributed by atoms with Gasteiger partial charge in [-0.2, -0.15) is 0 Å². The van der Waals surface area contributed by atoms with E-state index in [0.29, 0.717) is 25.1 Å². The minimum atomic E-state index is -0.499. The number of nitro groups is 1. The van der Waals surface area contributed by atoms with Crippen LogP contribution in [0.5, 0.6) is 0 Å². The second kappa shape index (κ2) is 6.34. The summed E-state index contributed by atoms with van der Waals surface area (Å²) >= 11 is 0. The van der Waals surface area contributed by atoms with Gasteiger partial charge in [0.05, 0.1) is 4.92 Å². The number of carbonyl (C=O) groups excluding carboxylic acids is 1. The van der Waals surface area contributed by atoms with Crippen LogP contribution in [0, 0.1) is 10.1 Å². The molecule has 0 saturated heterocycles. The first-order valence-corrected chi connectivity index (χ1v) is 5.34. The second-order valence-electron chi connectivity index (χ2n) is 3.61. The predicted octanol–water partition coefficient (Wildman–Crippen LogP) is 2.59. The van der Waals surface area contributed by atoms with Crippen molar-refractivity contribution >= 4 is 17.7 Å². The largest absolute Gasteiger partial charge is 0.359 e. The Hall–Kier alpha value is -2.43. The molecule has 0 atom stereocenters. The Morgan fingerprint density at radius 2 is 1.89 bits per heavy atom. The standard InChI is InChI=1S/C13H14N2O3/c1-3-7-14(8-4-2)12-6-5-11(10-16)9-13(12)15(17)18/h3-6,9-10H,1-2,7-8H2. The predicted molar refractivity (Wildman–Crippen MR) is 71.1 cm³/mol. The van der Waals surface area contributed by atoms with Crippen molar-refractivity contribution in [3.8, 4) is 0 Å². The average molecular weight is 246 g/mol. The van der Waals surface area contributed by atoms with E-state index in [-0.39, 0.29) is 11.3 Å². The molecule has 0 aliphatic rings. The molecular formula is C13H14N2O3. The molecule has 5 heteroatoms. The Balaban J connectivity index is 3.26. The Bertz CT molecular complexity index is 473. The lowest BCUT2D eigenvalue weighted by Gasteiger charge is -2.21. The van der Waals surface area contributed by atoms with Crippen molar-refractivity contribution < 1.29 is 9.72 Å². The van der Waals surface area contributed by atoms with Gasteiger partial charge in [-0.15, -0.1) is 13.2 Å². The number of nitro benzene ring substituents is 1. The van der Waals surface area contributed by atoms with E-state index >= 15 is 0 Å². The summed E-state index contributed by atoms with van der Waals surface area (Å²) in [6, 6.07) is 4.38. The number of hydrogen-bond acceptors (Lipinski definition) is 4. The number of aldehydes is 1. The summed E-state index contributed by atoms with van der Waals surface area (Å²) in [4.78, 5) is 22.9. The molecule has 0 unspecified atom stereocenters. The molecule has 94 valence electrons. The van der Waals surface area contributed by atoms with Gasteiger partial charge >= 0.3 is 0 Å². The summed E-state index contributed by atoms with van der Waals surface area (Å²) in [6.07, 6.45) is 3.89. The molecule has 0 N–H and O–H groups in total. The maximum Gasteiger partial charge on any atom is 0.293 e. The highest BCUT2D eigenvalue weighted by Crippen LogP contribution is 2.28. The van der Waals surface area contributed by atoms with Gasteiger partial charge in [-0.05, 0) is 12.1 Å². The van der Waals surface area contributed by atoms with Gasteiger partial charge in [-0.25, -0.2) is 0 Å². The minimum Gasteiger partial charge on any atom is -0.359 e. The first kappa shape index (κ1) is 13.6. The normalized spacial score (nSPS) is 9.56. The van der Waals surface area contributed by atoms with Crippen LogP contribution in [-0.4, -0.2) is 24.3 Å². The van der Waals surface area contributed by atoms with E-state index in [0.717, 1.165) is 0 Å². The third kappa shape index (κ3) is 3.04. The van der Waals surface area contributed by atoms with E-state index in [9.17, 15) is 14.9 Å². The summed E-state index contributed by atoms with van der Waals surface area (Å²) in [5.41, 5.74) is 0.635. The Morgan fingerprint density at radius 1 is 1.28 bits per heavy atom. The van der Waals surface area contributed by atoms with Crippen LogP contribution in [0.15, 0.2) is 43.5 Å². The fourth-order valence-electron chi connectivity index (χ4n) is 1.61. The number of rotatable bonds is 7. The fraction of sp³-hybridized carbons (Fsp3) is 0.154. The number of anilines is 1. The van der Waals surface area contributed by atoms with Gasteiger partial charge in [0, 0.05) is 24.7 Å². The van der Waals surface area contributed by atoms with E-state index in [1.54, 1.807) is 29.2 Å². The highest BCUT2D eigenvalue weighted by Gasteiger charge is 2.18. The molecule has 0 saturated carbocycles. The molecule has 0 amide bonds. The zero-order chi connectivity index (χ0) is 13.5. The molecule has 0 aromatic heterocycles. The second-order valence-corrected chi connectivity index (χ2v) is 3.61. The summed E-state index contributed by atoms with van der Waals surface area (Å²) in [6.45, 7) is 8.16. The van der Waals surface area contributed by atoms with E-state index < -0.39 is 4.92 Å². The molecule has 0 aliphatic heterocycles. The van der Waals surface area contributed by atoms with Gasteiger partial charge in [0.15, 0.2) is 0 Å². The van der Waals surface area contributed by atoms with Crippen molar-refractivity contribution in [3.05, 3.63) is 59.2 Å². The molecule has 0 fully saturated rings. The third-order valence-corrected chi connectivity index (χ3v) is 2.37. The van der Waals surface area contributed by atoms with Crippen LogP contribution in [0.3, 0.4) is 0 Å². The molecule has 1 aromatic rings. The number of hydrogen-bond donors (Lipinski definition) is 0. The Kier molecular flexibility index (Phi) is 4.80. The lowest BCUT2D eigenvalue weighted by atomic mass is 10.1. The lowest BCUT2D eigenvalue weighted by Crippen LogP contribution is -2.24. The number of nitrogens with zero attached hydrogens (tertiary/aromatic N) is 2. The van der Waals surface area contributed by atoms with Crippen molar-refractivity contribution in [1.82, 2.24) is 0 Å². The van der Waals surface area contributed by atoms with Crippen LogP contribution >= 0.6 is 0 Å². The van der Waals surface area contributed by atoms with Crippen molar-refractivity contribution in [1.29, 1.82) is 0 Å². The van der Waals surface area contributed by atoms with E-state index in [1.807, 2.05) is 0 Å². The molecule has 0 aliphatic carbocycles. The summed E-state index contributed by atoms with van der Waals surface area (Å²) in [5, 5.41) is 11.0. The van der Waals surface area contributed by atoms with E-state index in [2.05, 4.69) is 13.2 Å². The molecule has 1 aromatic carbocycles. The quantitative estimate of drug-likeness (QED) is 0.321. The Labute approximate surface area is 105 Å². The minimum absolute atomic E-state index is 0.0942. The Morgan fingerprint density at radius 3 is 2.33 bits per heavy atom. The summed E-state index contributed by atoms with van der Waals surface area (Å²) < 4.78 is 0. The highest BCUT2D eigenvalue weighted by molar-refractivity contribution is 5.79. The van der Waals surface area contributed by atoms with Gasteiger partial charge in [-0.1, -0.05) is 12.2 Å². The topological polar surface area (TPSA) is 63.5 Å². The highest BCUT2D eigenvalue weighted by atomic mass is 16.6. The van der Waals surface area contributed by atoms with Gasteiger partial charge in [-0.3, -0.25) is 14.9 Å². The lowest BCUT2D eigenvalue weighted by molar-refractivity contribution is -0.384. The van der Waals surface area contributed by atoms with Crippen molar-refractivity contribution in [2.75, 3.05) is 18.0 Å². The van der Waals surface area contributed by atoms with Gasteiger partial charge in [0.1, 0.15) is 12.0 Å².